The molecule has 0 aliphatic rings. The van der Waals surface area contributed by atoms with Gasteiger partial charge in [-0.1, -0.05) is 30.3 Å². The van der Waals surface area contributed by atoms with Crippen molar-refractivity contribution in [2.24, 2.45) is 16.5 Å². The molecule has 1 amide bonds. The van der Waals surface area contributed by atoms with Crippen LogP contribution in [0.15, 0.2) is 53.5 Å². The maximum Gasteiger partial charge on any atom is 0.417 e. The molecule has 23 heavy (non-hydrogen) atoms. The highest BCUT2D eigenvalue weighted by molar-refractivity contribution is 6.02. The van der Waals surface area contributed by atoms with Gasteiger partial charge in [-0.25, -0.2) is 0 Å². The molecule has 0 atom stereocenters. The van der Waals surface area contributed by atoms with E-state index in [2.05, 4.69) is 4.99 Å². The second-order valence-electron chi connectivity index (χ2n) is 4.47. The highest BCUT2D eigenvalue weighted by Gasteiger charge is 2.33. The molecular weight excluding hydrogens is 331 g/mol. The third-order valence-corrected chi connectivity index (χ3v) is 2.88. The summed E-state index contributed by atoms with van der Waals surface area (Å²) in [6, 6.07) is 10.8. The molecule has 0 radical (unpaired) electrons. The summed E-state index contributed by atoms with van der Waals surface area (Å²) in [4.78, 5) is 15.1. The van der Waals surface area contributed by atoms with E-state index in [1.807, 2.05) is 0 Å². The first kappa shape index (κ1) is 18.5. The number of alkyl halides is 3. The van der Waals surface area contributed by atoms with Crippen molar-refractivity contribution >= 4 is 24.3 Å². The van der Waals surface area contributed by atoms with Gasteiger partial charge in [0.25, 0.3) is 5.91 Å². The van der Waals surface area contributed by atoms with Gasteiger partial charge in [0.05, 0.1) is 5.56 Å². The largest absolute Gasteiger partial charge is 0.417 e. The Morgan fingerprint density at radius 3 is 2.26 bits per heavy atom. The number of carbonyl (C=O) groups excluding carboxylic acids is 1. The Hall–Kier alpha value is -2.54. The lowest BCUT2D eigenvalue weighted by Crippen LogP contribution is -2.24. The molecule has 0 aliphatic carbocycles. The van der Waals surface area contributed by atoms with Crippen LogP contribution in [0, 0.1) is 0 Å². The van der Waals surface area contributed by atoms with Gasteiger partial charge in [-0.15, -0.1) is 12.4 Å². The number of amides is 1. The lowest BCUT2D eigenvalue weighted by molar-refractivity contribution is -0.137. The number of aliphatic imine (C=N–C) groups is 1. The van der Waals surface area contributed by atoms with Gasteiger partial charge in [0.15, 0.2) is 5.96 Å². The average molecular weight is 344 g/mol. The zero-order chi connectivity index (χ0) is 16.3. The van der Waals surface area contributed by atoms with E-state index in [1.54, 1.807) is 0 Å². The highest BCUT2D eigenvalue weighted by Crippen LogP contribution is 2.37. The summed E-state index contributed by atoms with van der Waals surface area (Å²) in [5.74, 6) is -1.13. The highest BCUT2D eigenvalue weighted by atomic mass is 35.5. The van der Waals surface area contributed by atoms with Crippen molar-refractivity contribution in [3.8, 4) is 11.1 Å². The van der Waals surface area contributed by atoms with Gasteiger partial charge in [-0.3, -0.25) is 4.79 Å². The summed E-state index contributed by atoms with van der Waals surface area (Å²) >= 11 is 0. The molecule has 2 aromatic rings. The molecule has 0 heterocycles. The molecule has 2 rings (SSSR count). The number of nitrogens with two attached hydrogens (primary N) is 2. The van der Waals surface area contributed by atoms with Gasteiger partial charge in [0.2, 0.25) is 0 Å². The van der Waals surface area contributed by atoms with E-state index in [1.165, 1.54) is 42.5 Å². The fourth-order valence-electron chi connectivity index (χ4n) is 1.98. The smallest absolute Gasteiger partial charge is 0.370 e. The van der Waals surface area contributed by atoms with Gasteiger partial charge >= 0.3 is 6.18 Å². The van der Waals surface area contributed by atoms with Crippen molar-refractivity contribution in [3.05, 3.63) is 59.7 Å². The van der Waals surface area contributed by atoms with Crippen molar-refractivity contribution < 1.29 is 18.0 Å². The topological polar surface area (TPSA) is 81.5 Å². The Morgan fingerprint density at radius 2 is 1.65 bits per heavy atom. The summed E-state index contributed by atoms with van der Waals surface area (Å²) in [6.07, 6.45) is -4.49. The van der Waals surface area contributed by atoms with Gasteiger partial charge in [-0.05, 0) is 29.3 Å². The van der Waals surface area contributed by atoms with E-state index in [-0.39, 0.29) is 29.1 Å². The minimum atomic E-state index is -4.49. The first-order chi connectivity index (χ1) is 10.3. The lowest BCUT2D eigenvalue weighted by Gasteiger charge is -2.13. The van der Waals surface area contributed by atoms with E-state index in [4.69, 9.17) is 11.5 Å². The minimum absolute atomic E-state index is 0. The second-order valence-corrected chi connectivity index (χ2v) is 4.47. The summed E-state index contributed by atoms with van der Waals surface area (Å²) in [6.45, 7) is 0. The van der Waals surface area contributed by atoms with Crippen LogP contribution >= 0.6 is 12.4 Å². The van der Waals surface area contributed by atoms with Crippen molar-refractivity contribution in [1.29, 1.82) is 0 Å². The molecule has 4 N–H and O–H groups in total. The molecule has 0 saturated heterocycles. The summed E-state index contributed by atoms with van der Waals surface area (Å²) < 4.78 is 39.1. The third kappa shape index (κ3) is 4.46. The average Bonchev–Trinajstić information content (AvgIpc) is 2.46. The lowest BCUT2D eigenvalue weighted by atomic mass is 9.97. The molecule has 0 aliphatic heterocycles. The Morgan fingerprint density at radius 1 is 1.00 bits per heavy atom. The van der Waals surface area contributed by atoms with Crippen molar-refractivity contribution in [2.75, 3.05) is 0 Å². The van der Waals surface area contributed by atoms with E-state index < -0.39 is 23.6 Å². The summed E-state index contributed by atoms with van der Waals surface area (Å²) in [5, 5.41) is 0. The zero-order valence-corrected chi connectivity index (χ0v) is 12.5. The molecule has 0 bridgehead atoms. The zero-order valence-electron chi connectivity index (χ0n) is 11.7. The Kier molecular flexibility index (Phi) is 5.75. The van der Waals surface area contributed by atoms with Crippen LogP contribution in [0.3, 0.4) is 0 Å². The molecule has 4 nitrogen and oxygen atoms in total. The van der Waals surface area contributed by atoms with Crippen LogP contribution in [-0.4, -0.2) is 11.9 Å². The molecule has 122 valence electrons. The number of hydrogen-bond acceptors (Lipinski definition) is 1. The second kappa shape index (κ2) is 7.15. The van der Waals surface area contributed by atoms with Crippen molar-refractivity contribution in [3.63, 3.8) is 0 Å². The van der Waals surface area contributed by atoms with Crippen molar-refractivity contribution in [2.45, 2.75) is 6.18 Å². The summed E-state index contributed by atoms with van der Waals surface area (Å²) in [7, 11) is 0. The predicted molar refractivity (Wildman–Crippen MR) is 84.3 cm³/mol. The first-order valence-corrected chi connectivity index (χ1v) is 6.19. The van der Waals surface area contributed by atoms with Crippen LogP contribution in [0.2, 0.25) is 0 Å². The van der Waals surface area contributed by atoms with E-state index in [0.29, 0.717) is 0 Å². The SMILES string of the molecule is Cl.NC(N)=NC(=O)c1cccc(-c2ccccc2C(F)(F)F)c1. The first-order valence-electron chi connectivity index (χ1n) is 6.19. The van der Waals surface area contributed by atoms with Crippen LogP contribution in [-0.2, 0) is 6.18 Å². The van der Waals surface area contributed by atoms with Crippen LogP contribution in [0.5, 0.6) is 0 Å². The number of rotatable bonds is 2. The van der Waals surface area contributed by atoms with E-state index in [0.717, 1.165) is 6.07 Å². The van der Waals surface area contributed by atoms with Gasteiger partial charge in [0.1, 0.15) is 0 Å². The monoisotopic (exact) mass is 343 g/mol. The number of guanidine groups is 1. The van der Waals surface area contributed by atoms with Gasteiger partial charge in [-0.2, -0.15) is 18.2 Å². The number of halogens is 4. The number of carbonyl (C=O) groups is 1. The number of nitrogens with zero attached hydrogens (tertiary/aromatic N) is 1. The molecule has 0 saturated carbocycles. The molecule has 2 aromatic carbocycles. The Balaban J connectivity index is 0.00000264. The van der Waals surface area contributed by atoms with Gasteiger partial charge in [0, 0.05) is 5.56 Å². The standard InChI is InChI=1S/C15H12F3N3O.ClH/c16-15(17,18)12-7-2-1-6-11(12)9-4-3-5-10(8-9)13(22)21-14(19)20;/h1-8H,(H4,19,20,21,22);1H. The molecule has 0 fully saturated rings. The maximum absolute atomic E-state index is 13.0. The molecule has 0 aromatic heterocycles. The van der Waals surface area contributed by atoms with E-state index in [9.17, 15) is 18.0 Å². The third-order valence-electron chi connectivity index (χ3n) is 2.88. The minimum Gasteiger partial charge on any atom is -0.370 e. The van der Waals surface area contributed by atoms with Crippen LogP contribution < -0.4 is 11.5 Å². The molecule has 8 heteroatoms. The maximum atomic E-state index is 13.0. The van der Waals surface area contributed by atoms with Gasteiger partial charge < -0.3 is 11.5 Å². The molecular formula is C15H13ClF3N3O. The Bertz CT molecular complexity index is 741. The Labute approximate surface area is 136 Å². The molecule has 0 spiro atoms. The normalized spacial score (nSPS) is 10.6. The summed E-state index contributed by atoms with van der Waals surface area (Å²) in [5.41, 5.74) is 9.80. The number of benzene rings is 2. The van der Waals surface area contributed by atoms with Crippen molar-refractivity contribution in [1.82, 2.24) is 0 Å². The predicted octanol–water partition coefficient (Wildman–Crippen LogP) is 3.21. The number of hydrogen-bond donors (Lipinski definition) is 2. The quantitative estimate of drug-likeness (QED) is 0.649. The van der Waals surface area contributed by atoms with Crippen LogP contribution in [0.25, 0.3) is 11.1 Å². The fourth-order valence-corrected chi connectivity index (χ4v) is 1.98. The van der Waals surface area contributed by atoms with E-state index >= 15 is 0 Å². The molecule has 0 unspecified atom stereocenters. The van der Waals surface area contributed by atoms with Crippen LogP contribution in [0.4, 0.5) is 13.2 Å². The fraction of sp³-hybridized carbons (Fsp3) is 0.0667. The van der Waals surface area contributed by atoms with Crippen LogP contribution in [0.1, 0.15) is 15.9 Å².